The summed E-state index contributed by atoms with van der Waals surface area (Å²) in [5, 5.41) is 4.00. The number of nitrogens with zero attached hydrogens (tertiary/aromatic N) is 3. The molecule has 0 saturated carbocycles. The number of hydrogen-bond acceptors (Lipinski definition) is 6. The summed E-state index contributed by atoms with van der Waals surface area (Å²) in [6.45, 7) is 2.10. The van der Waals surface area contributed by atoms with Crippen molar-refractivity contribution >= 4 is 59.3 Å². The Morgan fingerprint density at radius 2 is 1.85 bits per heavy atom. The van der Waals surface area contributed by atoms with Gasteiger partial charge in [0.25, 0.3) is 0 Å². The number of aromatic nitrogens is 2. The maximum absolute atomic E-state index is 13.8. The van der Waals surface area contributed by atoms with E-state index in [9.17, 15) is 9.18 Å². The van der Waals surface area contributed by atoms with Gasteiger partial charge in [0.1, 0.15) is 11.3 Å². The van der Waals surface area contributed by atoms with Gasteiger partial charge in [-0.3, -0.25) is 4.79 Å². The van der Waals surface area contributed by atoms with Gasteiger partial charge in [-0.15, -0.1) is 0 Å². The Bertz CT molecular complexity index is 1120. The van der Waals surface area contributed by atoms with Crippen LogP contribution in [0.15, 0.2) is 36.4 Å². The number of rotatable bonds is 4. The fourth-order valence-corrected chi connectivity index (χ4v) is 4.55. The molecule has 132 valence electrons. The van der Waals surface area contributed by atoms with Gasteiger partial charge in [0.15, 0.2) is 10.3 Å². The minimum atomic E-state index is -0.354. The summed E-state index contributed by atoms with van der Waals surface area (Å²) in [7, 11) is 1.76. The van der Waals surface area contributed by atoms with E-state index in [2.05, 4.69) is 15.3 Å². The SMILES string of the molecule is Cc1cccc2sc(NC(=O)CN(C)c3nc4c(F)cccc4s3)nc12. The molecule has 0 fully saturated rings. The molecule has 0 aliphatic rings. The van der Waals surface area contributed by atoms with E-state index in [1.165, 1.54) is 28.7 Å². The molecule has 5 nitrogen and oxygen atoms in total. The third-order valence-corrected chi connectivity index (χ3v) is 6.00. The number of para-hydroxylation sites is 2. The lowest BCUT2D eigenvalue weighted by atomic mass is 10.2. The molecule has 0 spiro atoms. The Hall–Kier alpha value is -2.58. The largest absolute Gasteiger partial charge is 0.342 e. The molecular weight excluding hydrogens is 371 g/mol. The Labute approximate surface area is 157 Å². The van der Waals surface area contributed by atoms with Crippen LogP contribution in [0.5, 0.6) is 0 Å². The van der Waals surface area contributed by atoms with Crippen molar-refractivity contribution in [2.24, 2.45) is 0 Å². The van der Waals surface area contributed by atoms with Crippen molar-refractivity contribution in [3.63, 3.8) is 0 Å². The van der Waals surface area contributed by atoms with Crippen LogP contribution < -0.4 is 10.2 Å². The standard InChI is InChI=1S/C18H15FN4OS2/c1-10-5-3-7-12-15(10)21-17(25-12)20-14(24)9-23(2)18-22-16-11(19)6-4-8-13(16)26-18/h3-8H,9H2,1-2H3,(H,20,21,24). The third-order valence-electron chi connectivity index (χ3n) is 3.93. The molecule has 0 unspecified atom stereocenters. The minimum Gasteiger partial charge on any atom is -0.342 e. The van der Waals surface area contributed by atoms with Crippen LogP contribution >= 0.6 is 22.7 Å². The second-order valence-corrected chi connectivity index (χ2v) is 7.97. The van der Waals surface area contributed by atoms with E-state index >= 15 is 0 Å². The van der Waals surface area contributed by atoms with Gasteiger partial charge in [0.2, 0.25) is 5.91 Å². The third kappa shape index (κ3) is 3.13. The predicted molar refractivity (Wildman–Crippen MR) is 106 cm³/mol. The van der Waals surface area contributed by atoms with Gasteiger partial charge in [-0.05, 0) is 30.7 Å². The molecule has 1 amide bonds. The summed E-state index contributed by atoms with van der Waals surface area (Å²) >= 11 is 2.80. The molecule has 2 aromatic heterocycles. The van der Waals surface area contributed by atoms with E-state index in [0.717, 1.165) is 20.5 Å². The summed E-state index contributed by atoms with van der Waals surface area (Å²) in [4.78, 5) is 22.8. The number of anilines is 2. The number of carbonyl (C=O) groups excluding carboxylic acids is 1. The van der Waals surface area contributed by atoms with Crippen LogP contribution in [0.1, 0.15) is 5.56 Å². The van der Waals surface area contributed by atoms with Crippen LogP contribution in [0, 0.1) is 12.7 Å². The Kier molecular flexibility index (Phi) is 4.29. The second-order valence-electron chi connectivity index (χ2n) is 5.93. The smallest absolute Gasteiger partial charge is 0.245 e. The number of nitrogens with one attached hydrogen (secondary N) is 1. The summed E-state index contributed by atoms with van der Waals surface area (Å²) in [6.07, 6.45) is 0. The normalized spacial score (nSPS) is 11.2. The number of hydrogen-bond donors (Lipinski definition) is 1. The lowest BCUT2D eigenvalue weighted by Crippen LogP contribution is -2.29. The Morgan fingerprint density at radius 3 is 2.58 bits per heavy atom. The minimum absolute atomic E-state index is 0.107. The first kappa shape index (κ1) is 16.9. The van der Waals surface area contributed by atoms with E-state index in [1.807, 2.05) is 31.2 Å². The van der Waals surface area contributed by atoms with Crippen LogP contribution in [0.3, 0.4) is 0 Å². The summed E-state index contributed by atoms with van der Waals surface area (Å²) < 4.78 is 15.6. The number of likely N-dealkylation sites (N-methyl/N-ethyl adjacent to an activating group) is 1. The van der Waals surface area contributed by atoms with Gasteiger partial charge in [-0.1, -0.05) is 40.9 Å². The predicted octanol–water partition coefficient (Wildman–Crippen LogP) is 4.43. The Morgan fingerprint density at radius 1 is 1.12 bits per heavy atom. The number of benzene rings is 2. The topological polar surface area (TPSA) is 58.1 Å². The van der Waals surface area contributed by atoms with E-state index in [1.54, 1.807) is 18.0 Å². The van der Waals surface area contributed by atoms with Gasteiger partial charge < -0.3 is 10.2 Å². The zero-order valence-electron chi connectivity index (χ0n) is 14.1. The summed E-state index contributed by atoms with van der Waals surface area (Å²) in [5.74, 6) is -0.545. The highest BCUT2D eigenvalue weighted by molar-refractivity contribution is 7.22. The second kappa shape index (κ2) is 6.62. The number of fused-ring (bicyclic) bond motifs is 2. The highest BCUT2D eigenvalue weighted by Gasteiger charge is 2.15. The first-order valence-electron chi connectivity index (χ1n) is 7.93. The zero-order valence-corrected chi connectivity index (χ0v) is 15.7. The molecule has 4 aromatic rings. The lowest BCUT2D eigenvalue weighted by Gasteiger charge is -2.14. The molecule has 26 heavy (non-hydrogen) atoms. The van der Waals surface area contributed by atoms with Gasteiger partial charge in [0.05, 0.1) is 21.5 Å². The average Bonchev–Trinajstić information content (AvgIpc) is 3.20. The number of aryl methyl sites for hydroxylation is 1. The van der Waals surface area contributed by atoms with Crippen molar-refractivity contribution in [3.05, 3.63) is 47.8 Å². The molecule has 0 aliphatic carbocycles. The van der Waals surface area contributed by atoms with E-state index < -0.39 is 0 Å². The fourth-order valence-electron chi connectivity index (χ4n) is 2.65. The maximum atomic E-state index is 13.8. The summed E-state index contributed by atoms with van der Waals surface area (Å²) in [6, 6.07) is 10.8. The quantitative estimate of drug-likeness (QED) is 0.564. The highest BCUT2D eigenvalue weighted by Crippen LogP contribution is 2.30. The number of thiazole rings is 2. The van der Waals surface area contributed by atoms with E-state index in [-0.39, 0.29) is 18.3 Å². The van der Waals surface area contributed by atoms with Crippen molar-refractivity contribution in [2.45, 2.75) is 6.92 Å². The molecule has 0 atom stereocenters. The van der Waals surface area contributed by atoms with Crippen molar-refractivity contribution in [3.8, 4) is 0 Å². The number of carbonyl (C=O) groups is 1. The van der Waals surface area contributed by atoms with Crippen LogP contribution in [0.2, 0.25) is 0 Å². The molecule has 0 saturated heterocycles. The first-order valence-corrected chi connectivity index (χ1v) is 9.57. The molecule has 8 heteroatoms. The van der Waals surface area contributed by atoms with Crippen LogP contribution in [-0.2, 0) is 4.79 Å². The van der Waals surface area contributed by atoms with E-state index in [4.69, 9.17) is 0 Å². The molecule has 0 bridgehead atoms. The van der Waals surface area contributed by atoms with Crippen LogP contribution in [0.25, 0.3) is 20.4 Å². The lowest BCUT2D eigenvalue weighted by molar-refractivity contribution is -0.114. The van der Waals surface area contributed by atoms with Gasteiger partial charge >= 0.3 is 0 Å². The van der Waals surface area contributed by atoms with E-state index in [0.29, 0.717) is 15.8 Å². The summed E-state index contributed by atoms with van der Waals surface area (Å²) in [5.41, 5.74) is 2.32. The zero-order chi connectivity index (χ0) is 18.3. The first-order chi connectivity index (χ1) is 12.5. The van der Waals surface area contributed by atoms with Gasteiger partial charge in [-0.25, -0.2) is 14.4 Å². The number of amides is 1. The molecule has 2 aromatic carbocycles. The van der Waals surface area contributed by atoms with Crippen LogP contribution in [0.4, 0.5) is 14.7 Å². The van der Waals surface area contributed by atoms with Gasteiger partial charge in [-0.2, -0.15) is 0 Å². The number of halogens is 1. The molecular formula is C18H15FN4OS2. The van der Waals surface area contributed by atoms with Crippen molar-refractivity contribution in [1.29, 1.82) is 0 Å². The van der Waals surface area contributed by atoms with Crippen molar-refractivity contribution in [1.82, 2.24) is 9.97 Å². The average molecular weight is 386 g/mol. The molecule has 2 heterocycles. The molecule has 1 N–H and O–H groups in total. The maximum Gasteiger partial charge on any atom is 0.245 e. The van der Waals surface area contributed by atoms with Crippen molar-refractivity contribution < 1.29 is 9.18 Å². The fraction of sp³-hybridized carbons (Fsp3) is 0.167. The molecule has 0 radical (unpaired) electrons. The monoisotopic (exact) mass is 386 g/mol. The van der Waals surface area contributed by atoms with Crippen LogP contribution in [-0.4, -0.2) is 29.5 Å². The van der Waals surface area contributed by atoms with Gasteiger partial charge in [0, 0.05) is 7.05 Å². The Balaban J connectivity index is 1.49. The molecule has 4 rings (SSSR count). The highest BCUT2D eigenvalue weighted by atomic mass is 32.1. The molecule has 0 aliphatic heterocycles. The van der Waals surface area contributed by atoms with Crippen molar-refractivity contribution in [2.75, 3.05) is 23.8 Å².